The van der Waals surface area contributed by atoms with Crippen LogP contribution < -0.4 is 16.1 Å². The molecular weight excluding hydrogens is 540 g/mol. The second-order valence-electron chi connectivity index (χ2n) is 10.5. The topological polar surface area (TPSA) is 118 Å². The molecule has 3 heterocycles. The van der Waals surface area contributed by atoms with E-state index < -0.39 is 6.10 Å². The number of fused-ring (bicyclic) bond motifs is 1. The SMILES string of the molecule is C=Cc1cc2nc(C3=C(NCC(O)c4cccc(Cl)c4)C=CNO3)[nH]c2cc1C.CC(O)N(C)CCC1CCCN1. The molecule has 0 aliphatic carbocycles. The van der Waals surface area contributed by atoms with Crippen molar-refractivity contribution >= 4 is 34.5 Å². The van der Waals surface area contributed by atoms with Crippen molar-refractivity contribution in [2.45, 2.75) is 51.5 Å². The fraction of sp³-hybridized carbons (Fsp3) is 0.387. The molecule has 41 heavy (non-hydrogen) atoms. The number of rotatable bonds is 10. The average molecular weight is 581 g/mol. The smallest absolute Gasteiger partial charge is 0.220 e. The van der Waals surface area contributed by atoms with Gasteiger partial charge in [-0.1, -0.05) is 36.4 Å². The Labute approximate surface area is 246 Å². The molecule has 2 aromatic carbocycles. The highest BCUT2D eigenvalue weighted by Crippen LogP contribution is 2.25. The predicted octanol–water partition coefficient (Wildman–Crippen LogP) is 4.61. The van der Waals surface area contributed by atoms with Crippen LogP contribution in [-0.2, 0) is 4.84 Å². The number of hydrogen-bond acceptors (Lipinski definition) is 8. The zero-order valence-corrected chi connectivity index (χ0v) is 24.7. The third kappa shape index (κ3) is 8.34. The van der Waals surface area contributed by atoms with Crippen molar-refractivity contribution in [3.8, 4) is 0 Å². The van der Waals surface area contributed by atoms with Crippen LogP contribution in [0.1, 0.15) is 54.8 Å². The summed E-state index contributed by atoms with van der Waals surface area (Å²) in [6, 6.07) is 11.9. The molecule has 2 aliphatic heterocycles. The number of nitrogens with one attached hydrogen (secondary N) is 4. The van der Waals surface area contributed by atoms with Gasteiger partial charge in [0.2, 0.25) is 5.76 Å². The van der Waals surface area contributed by atoms with Crippen molar-refractivity contribution in [2.24, 2.45) is 0 Å². The lowest BCUT2D eigenvalue weighted by atomic mass is 10.1. The summed E-state index contributed by atoms with van der Waals surface area (Å²) < 4.78 is 0. The molecule has 10 heteroatoms. The molecule has 0 spiro atoms. The van der Waals surface area contributed by atoms with Crippen LogP contribution in [0.5, 0.6) is 0 Å². The molecule has 9 nitrogen and oxygen atoms in total. The first kappa shape index (κ1) is 30.6. The highest BCUT2D eigenvalue weighted by Gasteiger charge is 2.19. The summed E-state index contributed by atoms with van der Waals surface area (Å²) in [5.41, 5.74) is 8.05. The van der Waals surface area contributed by atoms with Crippen LogP contribution in [0.3, 0.4) is 0 Å². The van der Waals surface area contributed by atoms with Crippen molar-refractivity contribution in [3.05, 3.63) is 88.5 Å². The van der Waals surface area contributed by atoms with Gasteiger partial charge in [-0.2, -0.15) is 0 Å². The molecule has 5 rings (SSSR count). The molecule has 0 radical (unpaired) electrons. The largest absolute Gasteiger partial charge is 0.387 e. The number of nitrogens with zero attached hydrogens (tertiary/aromatic N) is 2. The maximum absolute atomic E-state index is 10.5. The lowest BCUT2D eigenvalue weighted by Gasteiger charge is -2.21. The number of aliphatic hydroxyl groups is 2. The third-order valence-corrected chi connectivity index (χ3v) is 7.61. The molecule has 0 amide bonds. The van der Waals surface area contributed by atoms with Crippen LogP contribution in [0.25, 0.3) is 22.9 Å². The van der Waals surface area contributed by atoms with Crippen LogP contribution in [0.15, 0.2) is 61.0 Å². The standard InChI is InChI=1S/C22H21ClN4O2.C9H20N2O/c1-3-14-11-19-18(9-13(14)2)26-22(27-19)21-17(7-8-25-29-21)24-12-20(28)15-5-4-6-16(23)10-15;1-8(12)11(2)7-5-9-4-3-6-10-9/h3-11,20,24-25,28H,1,12H2,2H3,(H,26,27);8-10,12H,3-7H2,1-2H3. The molecule has 220 valence electrons. The van der Waals surface area contributed by atoms with Crippen LogP contribution in [0.2, 0.25) is 5.02 Å². The summed E-state index contributed by atoms with van der Waals surface area (Å²) >= 11 is 6.01. The van der Waals surface area contributed by atoms with Crippen LogP contribution in [-0.4, -0.2) is 64.0 Å². The molecule has 3 unspecified atom stereocenters. The second-order valence-corrected chi connectivity index (χ2v) is 10.9. The van der Waals surface area contributed by atoms with E-state index in [0.29, 0.717) is 28.3 Å². The van der Waals surface area contributed by atoms with Crippen molar-refractivity contribution in [2.75, 3.05) is 26.7 Å². The Hall–Kier alpha value is -3.34. The quantitative estimate of drug-likeness (QED) is 0.193. The van der Waals surface area contributed by atoms with Crippen molar-refractivity contribution in [3.63, 3.8) is 0 Å². The number of benzene rings is 2. The maximum atomic E-state index is 10.5. The molecule has 1 fully saturated rings. The normalized spacial score (nSPS) is 18.0. The lowest BCUT2D eigenvalue weighted by molar-refractivity contribution is 0.0363. The van der Waals surface area contributed by atoms with Gasteiger partial charge in [-0.05, 0) is 93.7 Å². The molecular formula is C31H41ClN6O3. The minimum atomic E-state index is -0.723. The third-order valence-electron chi connectivity index (χ3n) is 7.38. The molecule has 3 atom stereocenters. The first-order valence-electron chi connectivity index (χ1n) is 14.0. The number of hydroxylamine groups is 1. The minimum absolute atomic E-state index is 0.285. The monoisotopic (exact) mass is 580 g/mol. The molecule has 0 saturated carbocycles. The van der Waals surface area contributed by atoms with E-state index in [4.69, 9.17) is 16.4 Å². The zero-order chi connectivity index (χ0) is 29.4. The predicted molar refractivity (Wildman–Crippen MR) is 166 cm³/mol. The van der Waals surface area contributed by atoms with Crippen molar-refractivity contribution in [1.82, 2.24) is 31.0 Å². The molecule has 1 aromatic heterocycles. The summed E-state index contributed by atoms with van der Waals surface area (Å²) in [5, 5.41) is 26.9. The summed E-state index contributed by atoms with van der Waals surface area (Å²) in [6.07, 6.45) is 8.04. The summed E-state index contributed by atoms with van der Waals surface area (Å²) in [7, 11) is 1.96. The van der Waals surface area contributed by atoms with Crippen molar-refractivity contribution in [1.29, 1.82) is 0 Å². The van der Waals surface area contributed by atoms with Gasteiger partial charge >= 0.3 is 0 Å². The van der Waals surface area contributed by atoms with E-state index in [1.54, 1.807) is 18.3 Å². The van der Waals surface area contributed by atoms with Gasteiger partial charge in [0.1, 0.15) is 6.23 Å². The van der Waals surface area contributed by atoms with Gasteiger partial charge in [0.15, 0.2) is 5.82 Å². The minimum Gasteiger partial charge on any atom is -0.387 e. The van der Waals surface area contributed by atoms with E-state index >= 15 is 0 Å². The Bertz CT molecular complexity index is 1380. The zero-order valence-electron chi connectivity index (χ0n) is 24.0. The fourth-order valence-corrected chi connectivity index (χ4v) is 4.95. The molecule has 1 saturated heterocycles. The van der Waals surface area contributed by atoms with Gasteiger partial charge in [0.05, 0.1) is 22.8 Å². The van der Waals surface area contributed by atoms with Gasteiger partial charge in [0, 0.05) is 30.4 Å². The summed E-state index contributed by atoms with van der Waals surface area (Å²) in [6.45, 7) is 10.1. The highest BCUT2D eigenvalue weighted by molar-refractivity contribution is 6.30. The van der Waals surface area contributed by atoms with Crippen molar-refractivity contribution < 1.29 is 15.1 Å². The van der Waals surface area contributed by atoms with Gasteiger partial charge in [-0.15, -0.1) is 0 Å². The number of hydrogen-bond donors (Lipinski definition) is 6. The summed E-state index contributed by atoms with van der Waals surface area (Å²) in [5.74, 6) is 1.09. The Morgan fingerprint density at radius 1 is 1.29 bits per heavy atom. The Balaban J connectivity index is 0.000000271. The van der Waals surface area contributed by atoms with E-state index in [2.05, 4.69) is 32.7 Å². The highest BCUT2D eigenvalue weighted by atomic mass is 35.5. The Morgan fingerprint density at radius 2 is 2.12 bits per heavy atom. The van der Waals surface area contributed by atoms with E-state index in [9.17, 15) is 10.2 Å². The van der Waals surface area contributed by atoms with Gasteiger partial charge in [-0.25, -0.2) is 10.5 Å². The number of imidazole rings is 1. The fourth-order valence-electron chi connectivity index (χ4n) is 4.75. The summed E-state index contributed by atoms with van der Waals surface area (Å²) in [4.78, 5) is 15.5. The Morgan fingerprint density at radius 3 is 2.83 bits per heavy atom. The van der Waals surface area contributed by atoms with E-state index in [0.717, 1.165) is 40.7 Å². The van der Waals surface area contributed by atoms with Gasteiger partial charge in [0.25, 0.3) is 0 Å². The van der Waals surface area contributed by atoms with Crippen LogP contribution in [0, 0.1) is 6.92 Å². The molecule has 0 bridgehead atoms. The first-order chi connectivity index (χ1) is 19.7. The van der Waals surface area contributed by atoms with E-state index in [1.165, 1.54) is 19.4 Å². The van der Waals surface area contributed by atoms with Gasteiger partial charge in [-0.3, -0.25) is 4.90 Å². The lowest BCUT2D eigenvalue weighted by Crippen LogP contribution is -2.33. The number of aromatic nitrogens is 2. The van der Waals surface area contributed by atoms with E-state index in [1.807, 2.05) is 62.2 Å². The van der Waals surface area contributed by atoms with E-state index in [-0.39, 0.29) is 12.8 Å². The average Bonchev–Trinajstić information content (AvgIpc) is 3.64. The molecule has 3 aromatic rings. The maximum Gasteiger partial charge on any atom is 0.220 e. The number of aromatic amines is 1. The van der Waals surface area contributed by atoms with Crippen LogP contribution in [0.4, 0.5) is 0 Å². The Kier molecular flexibility index (Phi) is 10.8. The molecule has 2 aliphatic rings. The first-order valence-corrected chi connectivity index (χ1v) is 14.4. The number of H-pyrrole nitrogens is 1. The van der Waals surface area contributed by atoms with Crippen LogP contribution >= 0.6 is 11.6 Å². The van der Waals surface area contributed by atoms with Gasteiger partial charge < -0.3 is 30.7 Å². The number of allylic oxidation sites excluding steroid dienone is 1. The molecule has 6 N–H and O–H groups in total. The number of aliphatic hydroxyl groups excluding tert-OH is 2. The second kappa shape index (κ2) is 14.5. The number of halogens is 1. The number of aryl methyl sites for hydroxylation is 1.